The zero-order valence-corrected chi connectivity index (χ0v) is 11.8. The molecule has 0 radical (unpaired) electrons. The molecule has 0 aliphatic rings. The van der Waals surface area contributed by atoms with Crippen LogP contribution in [-0.2, 0) is 6.54 Å². The highest BCUT2D eigenvalue weighted by Gasteiger charge is 2.12. The molecular weight excluding hydrogens is 240 g/mol. The molecule has 0 aliphatic heterocycles. The van der Waals surface area contributed by atoms with Crippen molar-refractivity contribution in [2.45, 2.75) is 39.8 Å². The Bertz CT molecular complexity index is 529. The highest BCUT2D eigenvalue weighted by molar-refractivity contribution is 5.43. The molecule has 102 valence electrons. The Morgan fingerprint density at radius 3 is 2.68 bits per heavy atom. The summed E-state index contributed by atoms with van der Waals surface area (Å²) in [5.41, 5.74) is 0.857. The van der Waals surface area contributed by atoms with Gasteiger partial charge in [-0.25, -0.2) is 4.98 Å². The molecule has 2 N–H and O–H groups in total. The Morgan fingerprint density at radius 1 is 1.26 bits per heavy atom. The number of rotatable bonds is 4. The molecule has 0 bridgehead atoms. The second-order valence-corrected chi connectivity index (χ2v) is 5.53. The summed E-state index contributed by atoms with van der Waals surface area (Å²) >= 11 is 0. The smallest absolute Gasteiger partial charge is 0.225 e. The fourth-order valence-electron chi connectivity index (χ4n) is 1.64. The summed E-state index contributed by atoms with van der Waals surface area (Å²) in [7, 11) is 0. The van der Waals surface area contributed by atoms with Gasteiger partial charge in [-0.05, 0) is 39.8 Å². The molecule has 0 atom stereocenters. The minimum atomic E-state index is -0.0634. The number of nitrogens with one attached hydrogen (secondary N) is 2. The maximum absolute atomic E-state index is 5.27. The van der Waals surface area contributed by atoms with E-state index in [9.17, 15) is 0 Å². The average molecular weight is 260 g/mol. The minimum Gasteiger partial charge on any atom is -0.467 e. The number of nitrogens with zero attached hydrogens (tertiary/aromatic N) is 2. The van der Waals surface area contributed by atoms with Crippen LogP contribution in [0, 0.1) is 6.92 Å². The molecule has 2 aromatic rings. The highest BCUT2D eigenvalue weighted by atomic mass is 16.3. The van der Waals surface area contributed by atoms with Crippen LogP contribution in [0.5, 0.6) is 0 Å². The summed E-state index contributed by atoms with van der Waals surface area (Å²) in [5.74, 6) is 2.30. The van der Waals surface area contributed by atoms with E-state index in [1.54, 1.807) is 6.26 Å². The number of anilines is 2. The van der Waals surface area contributed by atoms with Crippen molar-refractivity contribution in [1.82, 2.24) is 9.97 Å². The number of aryl methyl sites for hydroxylation is 1. The molecule has 2 aromatic heterocycles. The molecule has 0 unspecified atom stereocenters. The van der Waals surface area contributed by atoms with Gasteiger partial charge in [0, 0.05) is 17.3 Å². The van der Waals surface area contributed by atoms with Crippen molar-refractivity contribution in [2.75, 3.05) is 10.6 Å². The number of hydrogen-bond acceptors (Lipinski definition) is 5. The lowest BCUT2D eigenvalue weighted by Gasteiger charge is -2.21. The SMILES string of the molecule is Cc1cc(NCc2ccco2)nc(NC(C)(C)C)n1. The van der Waals surface area contributed by atoms with Crippen molar-refractivity contribution >= 4 is 11.8 Å². The van der Waals surface area contributed by atoms with Crippen LogP contribution < -0.4 is 10.6 Å². The van der Waals surface area contributed by atoms with Gasteiger partial charge < -0.3 is 15.1 Å². The Morgan fingerprint density at radius 2 is 2.05 bits per heavy atom. The third-order valence-corrected chi connectivity index (χ3v) is 2.36. The van der Waals surface area contributed by atoms with Crippen LogP contribution in [0.2, 0.25) is 0 Å². The Kier molecular flexibility index (Phi) is 3.74. The summed E-state index contributed by atoms with van der Waals surface area (Å²) in [6, 6.07) is 5.71. The summed E-state index contributed by atoms with van der Waals surface area (Å²) in [5, 5.41) is 6.50. The number of aromatic nitrogens is 2. The predicted molar refractivity (Wildman–Crippen MR) is 76.2 cm³/mol. The van der Waals surface area contributed by atoms with Gasteiger partial charge >= 0.3 is 0 Å². The quantitative estimate of drug-likeness (QED) is 0.883. The van der Waals surface area contributed by atoms with Crippen LogP contribution in [0.15, 0.2) is 28.9 Å². The maximum atomic E-state index is 5.27. The molecular formula is C14H20N4O. The summed E-state index contributed by atoms with van der Waals surface area (Å²) in [6.07, 6.45) is 1.66. The molecule has 2 heterocycles. The van der Waals surface area contributed by atoms with E-state index in [2.05, 4.69) is 41.4 Å². The fourth-order valence-corrected chi connectivity index (χ4v) is 1.64. The molecule has 5 heteroatoms. The topological polar surface area (TPSA) is 63.0 Å². The summed E-state index contributed by atoms with van der Waals surface area (Å²) in [6.45, 7) is 8.80. The molecule has 19 heavy (non-hydrogen) atoms. The molecule has 0 saturated carbocycles. The van der Waals surface area contributed by atoms with Crippen molar-refractivity contribution in [3.8, 4) is 0 Å². The normalized spacial score (nSPS) is 11.4. The van der Waals surface area contributed by atoms with E-state index < -0.39 is 0 Å². The van der Waals surface area contributed by atoms with Crippen LogP contribution in [0.25, 0.3) is 0 Å². The van der Waals surface area contributed by atoms with Gasteiger partial charge in [0.05, 0.1) is 12.8 Å². The summed E-state index contributed by atoms with van der Waals surface area (Å²) in [4.78, 5) is 8.82. The zero-order chi connectivity index (χ0) is 13.9. The second kappa shape index (κ2) is 5.30. The second-order valence-electron chi connectivity index (χ2n) is 5.53. The van der Waals surface area contributed by atoms with E-state index in [4.69, 9.17) is 4.42 Å². The van der Waals surface area contributed by atoms with Crippen molar-refractivity contribution < 1.29 is 4.42 Å². The van der Waals surface area contributed by atoms with E-state index in [1.165, 1.54) is 0 Å². The van der Waals surface area contributed by atoms with E-state index >= 15 is 0 Å². The van der Waals surface area contributed by atoms with E-state index in [0.29, 0.717) is 12.5 Å². The first-order chi connectivity index (χ1) is 8.92. The Balaban J connectivity index is 2.08. The monoisotopic (exact) mass is 260 g/mol. The van der Waals surface area contributed by atoms with Crippen LogP contribution in [0.4, 0.5) is 11.8 Å². The molecule has 0 aromatic carbocycles. The van der Waals surface area contributed by atoms with Crippen LogP contribution in [-0.4, -0.2) is 15.5 Å². The van der Waals surface area contributed by atoms with E-state index in [0.717, 1.165) is 17.3 Å². The van der Waals surface area contributed by atoms with Crippen LogP contribution >= 0.6 is 0 Å². The van der Waals surface area contributed by atoms with E-state index in [-0.39, 0.29) is 5.54 Å². The van der Waals surface area contributed by atoms with E-state index in [1.807, 2.05) is 25.1 Å². The maximum Gasteiger partial charge on any atom is 0.225 e. The van der Waals surface area contributed by atoms with Gasteiger partial charge in [0.1, 0.15) is 11.6 Å². The van der Waals surface area contributed by atoms with Crippen molar-refractivity contribution in [2.24, 2.45) is 0 Å². The molecule has 0 spiro atoms. The Labute approximate surface area is 113 Å². The van der Waals surface area contributed by atoms with Gasteiger partial charge in [-0.3, -0.25) is 0 Å². The number of furan rings is 1. The predicted octanol–water partition coefficient (Wildman–Crippen LogP) is 3.20. The van der Waals surface area contributed by atoms with Crippen LogP contribution in [0.3, 0.4) is 0 Å². The molecule has 5 nitrogen and oxygen atoms in total. The van der Waals surface area contributed by atoms with Gasteiger partial charge in [0.25, 0.3) is 0 Å². The third kappa shape index (κ3) is 4.28. The Hall–Kier alpha value is -2.04. The van der Waals surface area contributed by atoms with Crippen molar-refractivity contribution in [3.05, 3.63) is 35.9 Å². The fraction of sp³-hybridized carbons (Fsp3) is 0.429. The van der Waals surface area contributed by atoms with Gasteiger partial charge in [-0.15, -0.1) is 0 Å². The zero-order valence-electron chi connectivity index (χ0n) is 11.8. The summed E-state index contributed by atoms with van der Waals surface area (Å²) < 4.78 is 5.27. The highest BCUT2D eigenvalue weighted by Crippen LogP contribution is 2.15. The standard InChI is InChI=1S/C14H20N4O/c1-10-8-12(15-9-11-6-5-7-19-11)17-13(16-10)18-14(2,3)4/h5-8H,9H2,1-4H3,(H2,15,16,17,18). The first-order valence-corrected chi connectivity index (χ1v) is 6.32. The average Bonchev–Trinajstić information content (AvgIpc) is 2.75. The minimum absolute atomic E-state index is 0.0634. The first kappa shape index (κ1) is 13.4. The molecule has 0 fully saturated rings. The van der Waals surface area contributed by atoms with Crippen molar-refractivity contribution in [3.63, 3.8) is 0 Å². The molecule has 0 aliphatic carbocycles. The molecule has 0 amide bonds. The van der Waals surface area contributed by atoms with Gasteiger partial charge in [0.15, 0.2) is 0 Å². The lowest BCUT2D eigenvalue weighted by Crippen LogP contribution is -2.27. The van der Waals surface area contributed by atoms with Gasteiger partial charge in [-0.2, -0.15) is 4.98 Å². The lowest BCUT2D eigenvalue weighted by atomic mass is 10.1. The van der Waals surface area contributed by atoms with Gasteiger partial charge in [0.2, 0.25) is 5.95 Å². The lowest BCUT2D eigenvalue weighted by molar-refractivity contribution is 0.517. The van der Waals surface area contributed by atoms with Crippen molar-refractivity contribution in [1.29, 1.82) is 0 Å². The first-order valence-electron chi connectivity index (χ1n) is 6.32. The number of hydrogen-bond donors (Lipinski definition) is 2. The molecule has 0 saturated heterocycles. The largest absolute Gasteiger partial charge is 0.467 e. The van der Waals surface area contributed by atoms with Crippen LogP contribution in [0.1, 0.15) is 32.2 Å². The molecule has 2 rings (SSSR count). The van der Waals surface area contributed by atoms with Gasteiger partial charge in [-0.1, -0.05) is 0 Å². The third-order valence-electron chi connectivity index (χ3n) is 2.36.